The number of rotatable bonds is 4. The van der Waals surface area contributed by atoms with Crippen molar-refractivity contribution in [1.29, 1.82) is 0 Å². The molecule has 0 spiro atoms. The third kappa shape index (κ3) is 3.20. The summed E-state index contributed by atoms with van der Waals surface area (Å²) >= 11 is 0. The van der Waals surface area contributed by atoms with Crippen molar-refractivity contribution in [3.63, 3.8) is 0 Å². The lowest BCUT2D eigenvalue weighted by molar-refractivity contribution is 0.479. The van der Waals surface area contributed by atoms with Crippen molar-refractivity contribution in [3.8, 4) is 12.3 Å². The van der Waals surface area contributed by atoms with E-state index < -0.39 is 0 Å². The van der Waals surface area contributed by atoms with E-state index in [1.807, 2.05) is 18.2 Å². The molecule has 2 heteroatoms. The van der Waals surface area contributed by atoms with Gasteiger partial charge >= 0.3 is 0 Å². The zero-order valence-corrected chi connectivity index (χ0v) is 8.70. The van der Waals surface area contributed by atoms with Crippen LogP contribution in [0.1, 0.15) is 32.0 Å². The largest absolute Gasteiger partial charge is 0.305 e. The van der Waals surface area contributed by atoms with Gasteiger partial charge in [0.15, 0.2) is 0 Å². The highest BCUT2D eigenvalue weighted by molar-refractivity contribution is 5.08. The first-order chi connectivity index (χ1) is 6.74. The molecular formula is C12H16N2. The molecule has 2 unspecified atom stereocenters. The van der Waals surface area contributed by atoms with E-state index in [4.69, 9.17) is 6.42 Å². The Morgan fingerprint density at radius 3 is 2.86 bits per heavy atom. The van der Waals surface area contributed by atoms with Crippen molar-refractivity contribution in [1.82, 2.24) is 10.3 Å². The predicted molar refractivity (Wildman–Crippen MR) is 58.7 cm³/mol. The standard InChI is InChI=1S/C12H16N2/c1-4-7-10(2)14-11(3)12-8-5-6-9-13-12/h1,5-6,8-11,14H,7H2,2-3H3. The molecule has 74 valence electrons. The molecule has 0 aromatic carbocycles. The van der Waals surface area contributed by atoms with E-state index in [0.29, 0.717) is 6.04 Å². The lowest BCUT2D eigenvalue weighted by atomic mass is 10.1. The van der Waals surface area contributed by atoms with E-state index >= 15 is 0 Å². The minimum atomic E-state index is 0.250. The Hall–Kier alpha value is -1.33. The molecule has 0 saturated heterocycles. The van der Waals surface area contributed by atoms with Crippen molar-refractivity contribution >= 4 is 0 Å². The van der Waals surface area contributed by atoms with E-state index in [1.54, 1.807) is 6.20 Å². The highest BCUT2D eigenvalue weighted by Gasteiger charge is 2.08. The van der Waals surface area contributed by atoms with Gasteiger partial charge in [-0.2, -0.15) is 0 Å². The molecule has 0 aliphatic heterocycles. The summed E-state index contributed by atoms with van der Waals surface area (Å²) < 4.78 is 0. The molecule has 0 aliphatic rings. The maximum Gasteiger partial charge on any atom is 0.0570 e. The van der Waals surface area contributed by atoms with E-state index in [0.717, 1.165) is 12.1 Å². The van der Waals surface area contributed by atoms with Crippen LogP contribution in [-0.4, -0.2) is 11.0 Å². The predicted octanol–water partition coefficient (Wildman–Crippen LogP) is 2.14. The topological polar surface area (TPSA) is 24.9 Å². The van der Waals surface area contributed by atoms with E-state index in [9.17, 15) is 0 Å². The summed E-state index contributed by atoms with van der Waals surface area (Å²) in [6, 6.07) is 6.50. The normalized spacial score (nSPS) is 14.4. The summed E-state index contributed by atoms with van der Waals surface area (Å²) in [6.45, 7) is 4.18. The summed E-state index contributed by atoms with van der Waals surface area (Å²) in [5.74, 6) is 2.64. The first-order valence-electron chi connectivity index (χ1n) is 4.84. The Morgan fingerprint density at radius 2 is 2.29 bits per heavy atom. The first-order valence-corrected chi connectivity index (χ1v) is 4.84. The Bertz CT molecular complexity index is 300. The van der Waals surface area contributed by atoms with Crippen LogP contribution in [0.4, 0.5) is 0 Å². The van der Waals surface area contributed by atoms with Crippen LogP contribution in [0.2, 0.25) is 0 Å². The molecular weight excluding hydrogens is 172 g/mol. The summed E-state index contributed by atoms with van der Waals surface area (Å²) in [5, 5.41) is 3.39. The molecule has 1 aromatic heterocycles. The molecule has 0 saturated carbocycles. The highest BCUT2D eigenvalue weighted by Crippen LogP contribution is 2.09. The van der Waals surface area contributed by atoms with Gasteiger partial charge in [-0.3, -0.25) is 4.98 Å². The second kappa shape index (κ2) is 5.41. The molecule has 0 fully saturated rings. The number of nitrogens with one attached hydrogen (secondary N) is 1. The maximum atomic E-state index is 5.24. The second-order valence-corrected chi connectivity index (χ2v) is 3.45. The SMILES string of the molecule is C#CCC(C)NC(C)c1ccccn1. The molecule has 0 radical (unpaired) electrons. The van der Waals surface area contributed by atoms with Gasteiger partial charge in [0.05, 0.1) is 5.69 Å². The number of aromatic nitrogens is 1. The summed E-state index contributed by atoms with van der Waals surface area (Å²) in [5.41, 5.74) is 1.05. The average molecular weight is 188 g/mol. The van der Waals surface area contributed by atoms with Crippen molar-refractivity contribution in [3.05, 3.63) is 30.1 Å². The van der Waals surface area contributed by atoms with Crippen LogP contribution in [0.15, 0.2) is 24.4 Å². The Morgan fingerprint density at radius 1 is 1.50 bits per heavy atom. The first kappa shape index (κ1) is 10.7. The highest BCUT2D eigenvalue weighted by atomic mass is 15.0. The maximum absolute atomic E-state index is 5.24. The van der Waals surface area contributed by atoms with Crippen LogP contribution in [0.25, 0.3) is 0 Å². The number of terminal acetylenes is 1. The molecule has 0 amide bonds. The summed E-state index contributed by atoms with van der Waals surface area (Å²) in [7, 11) is 0. The van der Waals surface area contributed by atoms with Gasteiger partial charge < -0.3 is 5.32 Å². The minimum Gasteiger partial charge on any atom is -0.305 e. The lowest BCUT2D eigenvalue weighted by Gasteiger charge is -2.17. The minimum absolute atomic E-state index is 0.250. The van der Waals surface area contributed by atoms with E-state index in [2.05, 4.69) is 30.1 Å². The number of hydrogen-bond acceptors (Lipinski definition) is 2. The van der Waals surface area contributed by atoms with Gasteiger partial charge in [0.1, 0.15) is 0 Å². The quantitative estimate of drug-likeness (QED) is 0.732. The lowest BCUT2D eigenvalue weighted by Crippen LogP contribution is -2.28. The zero-order valence-electron chi connectivity index (χ0n) is 8.70. The smallest absolute Gasteiger partial charge is 0.0570 e. The number of hydrogen-bond donors (Lipinski definition) is 1. The van der Waals surface area contributed by atoms with Gasteiger partial charge in [-0.25, -0.2) is 0 Å². The molecule has 0 bridgehead atoms. The average Bonchev–Trinajstić information content (AvgIpc) is 2.19. The molecule has 2 atom stereocenters. The molecule has 1 aromatic rings. The third-order valence-electron chi connectivity index (χ3n) is 2.09. The summed E-state index contributed by atoms with van der Waals surface area (Å²) in [6.07, 6.45) is 7.79. The zero-order chi connectivity index (χ0) is 10.4. The van der Waals surface area contributed by atoms with E-state index in [1.165, 1.54) is 0 Å². The molecule has 14 heavy (non-hydrogen) atoms. The van der Waals surface area contributed by atoms with Gasteiger partial charge in [-0.05, 0) is 26.0 Å². The Balaban J connectivity index is 2.51. The van der Waals surface area contributed by atoms with Crippen LogP contribution in [0, 0.1) is 12.3 Å². The third-order valence-corrected chi connectivity index (χ3v) is 2.09. The van der Waals surface area contributed by atoms with Crippen molar-refractivity contribution in [2.45, 2.75) is 32.4 Å². The van der Waals surface area contributed by atoms with Crippen LogP contribution in [-0.2, 0) is 0 Å². The molecule has 1 N–H and O–H groups in total. The Kier molecular flexibility index (Phi) is 4.15. The monoisotopic (exact) mass is 188 g/mol. The number of nitrogens with zero attached hydrogens (tertiary/aromatic N) is 1. The van der Waals surface area contributed by atoms with Gasteiger partial charge in [-0.1, -0.05) is 6.07 Å². The van der Waals surface area contributed by atoms with Crippen molar-refractivity contribution in [2.24, 2.45) is 0 Å². The van der Waals surface area contributed by atoms with Crippen LogP contribution in [0.5, 0.6) is 0 Å². The molecule has 0 aliphatic carbocycles. The van der Waals surface area contributed by atoms with Crippen molar-refractivity contribution in [2.75, 3.05) is 0 Å². The fourth-order valence-corrected chi connectivity index (χ4v) is 1.38. The van der Waals surface area contributed by atoms with Gasteiger partial charge in [0, 0.05) is 24.7 Å². The van der Waals surface area contributed by atoms with Gasteiger partial charge in [0.25, 0.3) is 0 Å². The summed E-state index contributed by atoms with van der Waals surface area (Å²) in [4.78, 5) is 4.28. The molecule has 1 rings (SSSR count). The fraction of sp³-hybridized carbons (Fsp3) is 0.417. The second-order valence-electron chi connectivity index (χ2n) is 3.45. The van der Waals surface area contributed by atoms with Crippen LogP contribution < -0.4 is 5.32 Å². The fourth-order valence-electron chi connectivity index (χ4n) is 1.38. The Labute approximate surface area is 85.8 Å². The van der Waals surface area contributed by atoms with E-state index in [-0.39, 0.29) is 6.04 Å². The number of pyridine rings is 1. The van der Waals surface area contributed by atoms with Crippen LogP contribution >= 0.6 is 0 Å². The van der Waals surface area contributed by atoms with Crippen molar-refractivity contribution < 1.29 is 0 Å². The van der Waals surface area contributed by atoms with Crippen LogP contribution in [0.3, 0.4) is 0 Å². The molecule has 2 nitrogen and oxygen atoms in total. The molecule has 1 heterocycles. The van der Waals surface area contributed by atoms with Gasteiger partial charge in [0.2, 0.25) is 0 Å². The van der Waals surface area contributed by atoms with Gasteiger partial charge in [-0.15, -0.1) is 12.3 Å².